The fourth-order valence-corrected chi connectivity index (χ4v) is 3.04. The molecule has 7 heteroatoms. The molecule has 0 atom stereocenters. The van der Waals surface area contributed by atoms with Crippen LogP contribution < -0.4 is 5.73 Å². The Morgan fingerprint density at radius 1 is 1.56 bits per heavy atom. The minimum atomic E-state index is -3.98. The molecule has 0 aliphatic rings. The monoisotopic (exact) mass is 292 g/mol. The van der Waals surface area contributed by atoms with Gasteiger partial charge in [-0.2, -0.15) is 4.31 Å². The topological polar surface area (TPSA) is 63.4 Å². The summed E-state index contributed by atoms with van der Waals surface area (Å²) in [5.41, 5.74) is 6.20. The van der Waals surface area contributed by atoms with Gasteiger partial charge in [0.2, 0.25) is 10.0 Å². The van der Waals surface area contributed by atoms with Gasteiger partial charge >= 0.3 is 0 Å². The van der Waals surface area contributed by atoms with E-state index in [2.05, 4.69) is 6.58 Å². The van der Waals surface area contributed by atoms with Crippen molar-refractivity contribution in [1.82, 2.24) is 4.31 Å². The van der Waals surface area contributed by atoms with Crippen LogP contribution in [0.1, 0.15) is 6.92 Å². The number of hydrogen-bond acceptors (Lipinski definition) is 3. The molecular formula is C11H14ClFN2O2S. The van der Waals surface area contributed by atoms with Crippen LogP contribution in [0.25, 0.3) is 0 Å². The van der Waals surface area contributed by atoms with Crippen molar-refractivity contribution in [3.63, 3.8) is 0 Å². The Hall–Kier alpha value is -1.11. The van der Waals surface area contributed by atoms with Crippen LogP contribution in [0.15, 0.2) is 29.2 Å². The van der Waals surface area contributed by atoms with E-state index in [9.17, 15) is 12.8 Å². The Balaban J connectivity index is 3.33. The van der Waals surface area contributed by atoms with Gasteiger partial charge in [0, 0.05) is 19.3 Å². The molecule has 1 aromatic carbocycles. The molecule has 0 aliphatic carbocycles. The van der Waals surface area contributed by atoms with Crippen LogP contribution in [0.4, 0.5) is 10.1 Å². The highest BCUT2D eigenvalue weighted by molar-refractivity contribution is 7.89. The SMILES string of the molecule is C=C(C)CN(C)S(=O)(=O)c1cc(N)cc(Cl)c1F. The number of anilines is 1. The first-order chi connectivity index (χ1) is 8.16. The highest BCUT2D eigenvalue weighted by Crippen LogP contribution is 2.27. The molecule has 0 radical (unpaired) electrons. The normalized spacial score (nSPS) is 11.8. The summed E-state index contributed by atoms with van der Waals surface area (Å²) in [6.45, 7) is 5.38. The molecule has 2 N–H and O–H groups in total. The van der Waals surface area contributed by atoms with Crippen molar-refractivity contribution in [1.29, 1.82) is 0 Å². The summed E-state index contributed by atoms with van der Waals surface area (Å²) in [7, 11) is -2.64. The van der Waals surface area contributed by atoms with Crippen molar-refractivity contribution in [2.75, 3.05) is 19.3 Å². The summed E-state index contributed by atoms with van der Waals surface area (Å²) >= 11 is 5.58. The van der Waals surface area contributed by atoms with Gasteiger partial charge in [-0.1, -0.05) is 23.8 Å². The minimum Gasteiger partial charge on any atom is -0.399 e. The third-order valence-corrected chi connectivity index (χ3v) is 4.28. The van der Waals surface area contributed by atoms with E-state index in [1.54, 1.807) is 6.92 Å². The van der Waals surface area contributed by atoms with Gasteiger partial charge in [0.1, 0.15) is 4.90 Å². The van der Waals surface area contributed by atoms with Gasteiger partial charge in [-0.05, 0) is 19.1 Å². The van der Waals surface area contributed by atoms with Crippen LogP contribution >= 0.6 is 11.6 Å². The van der Waals surface area contributed by atoms with Crippen LogP contribution in [0.2, 0.25) is 5.02 Å². The molecule has 0 spiro atoms. The average molecular weight is 293 g/mol. The fraction of sp³-hybridized carbons (Fsp3) is 0.273. The lowest BCUT2D eigenvalue weighted by atomic mass is 10.3. The summed E-state index contributed by atoms with van der Waals surface area (Å²) in [5, 5.41) is -0.322. The molecule has 0 aliphatic heterocycles. The number of nitrogens with two attached hydrogens (primary N) is 1. The van der Waals surface area contributed by atoms with Crippen molar-refractivity contribution in [3.05, 3.63) is 35.1 Å². The highest BCUT2D eigenvalue weighted by atomic mass is 35.5. The lowest BCUT2D eigenvalue weighted by Crippen LogP contribution is -2.29. The van der Waals surface area contributed by atoms with E-state index in [4.69, 9.17) is 17.3 Å². The van der Waals surface area contributed by atoms with E-state index in [0.29, 0.717) is 5.57 Å². The predicted molar refractivity (Wildman–Crippen MR) is 70.5 cm³/mol. The first kappa shape index (κ1) is 14.9. The van der Waals surface area contributed by atoms with Crippen molar-refractivity contribution in [3.8, 4) is 0 Å². The number of halogens is 2. The minimum absolute atomic E-state index is 0.0868. The van der Waals surface area contributed by atoms with E-state index in [-0.39, 0.29) is 17.3 Å². The second-order valence-corrected chi connectivity index (χ2v) is 6.45. The standard InChI is InChI=1S/C11H14ClFN2O2S/c1-7(2)6-15(3)18(16,17)10-5-8(14)4-9(12)11(10)13/h4-5H,1,6,14H2,2-3H3. The van der Waals surface area contributed by atoms with E-state index >= 15 is 0 Å². The highest BCUT2D eigenvalue weighted by Gasteiger charge is 2.26. The fourth-order valence-electron chi connectivity index (χ4n) is 1.40. The van der Waals surface area contributed by atoms with E-state index in [1.807, 2.05) is 0 Å². The van der Waals surface area contributed by atoms with Gasteiger partial charge in [-0.15, -0.1) is 0 Å². The lowest BCUT2D eigenvalue weighted by Gasteiger charge is -2.18. The third-order valence-electron chi connectivity index (χ3n) is 2.20. The molecule has 0 saturated heterocycles. The summed E-state index contributed by atoms with van der Waals surface area (Å²) in [6, 6.07) is 2.21. The summed E-state index contributed by atoms with van der Waals surface area (Å²) in [5.74, 6) is -1.00. The van der Waals surface area contributed by atoms with Crippen molar-refractivity contribution in [2.45, 2.75) is 11.8 Å². The largest absolute Gasteiger partial charge is 0.399 e. The van der Waals surface area contributed by atoms with Crippen LogP contribution in [0.3, 0.4) is 0 Å². The maximum absolute atomic E-state index is 13.8. The Morgan fingerprint density at radius 2 is 2.11 bits per heavy atom. The molecule has 0 bridgehead atoms. The maximum atomic E-state index is 13.8. The predicted octanol–water partition coefficient (Wildman–Crippen LogP) is 2.26. The molecule has 0 saturated carbocycles. The quantitative estimate of drug-likeness (QED) is 0.684. The van der Waals surface area contributed by atoms with Gasteiger partial charge in [0.25, 0.3) is 0 Å². The maximum Gasteiger partial charge on any atom is 0.246 e. The summed E-state index contributed by atoms with van der Waals surface area (Å²) < 4.78 is 39.0. The van der Waals surface area contributed by atoms with Crippen LogP contribution in [-0.4, -0.2) is 26.3 Å². The number of likely N-dealkylation sites (N-methyl/N-ethyl adjacent to an activating group) is 1. The van der Waals surface area contributed by atoms with Crippen LogP contribution in [0, 0.1) is 5.82 Å². The summed E-state index contributed by atoms with van der Waals surface area (Å²) in [4.78, 5) is -0.531. The second kappa shape index (κ2) is 5.26. The lowest BCUT2D eigenvalue weighted by molar-refractivity contribution is 0.484. The number of rotatable bonds is 4. The number of nitrogen functional groups attached to an aromatic ring is 1. The molecule has 4 nitrogen and oxygen atoms in total. The van der Waals surface area contributed by atoms with Crippen molar-refractivity contribution >= 4 is 27.3 Å². The molecule has 1 rings (SSSR count). The third kappa shape index (κ3) is 3.01. The number of sulfonamides is 1. The molecule has 1 aromatic rings. The number of nitrogens with zero attached hydrogens (tertiary/aromatic N) is 1. The molecule has 0 unspecified atom stereocenters. The molecule has 100 valence electrons. The van der Waals surface area contributed by atoms with Gasteiger partial charge in [0.15, 0.2) is 5.82 Å². The average Bonchev–Trinajstić information content (AvgIpc) is 2.22. The first-order valence-corrected chi connectivity index (χ1v) is 6.83. The van der Waals surface area contributed by atoms with Crippen LogP contribution in [0.5, 0.6) is 0 Å². The smallest absolute Gasteiger partial charge is 0.246 e. The first-order valence-electron chi connectivity index (χ1n) is 5.01. The zero-order valence-electron chi connectivity index (χ0n) is 10.1. The van der Waals surface area contributed by atoms with Gasteiger partial charge in [-0.25, -0.2) is 12.8 Å². The van der Waals surface area contributed by atoms with Crippen LogP contribution in [-0.2, 0) is 10.0 Å². The van der Waals surface area contributed by atoms with Gasteiger partial charge < -0.3 is 5.73 Å². The number of benzene rings is 1. The molecule has 0 heterocycles. The van der Waals surface area contributed by atoms with E-state index in [0.717, 1.165) is 16.4 Å². The van der Waals surface area contributed by atoms with Crippen molar-refractivity contribution in [2.24, 2.45) is 0 Å². The van der Waals surface area contributed by atoms with Gasteiger partial charge in [0.05, 0.1) is 5.02 Å². The molecule has 0 amide bonds. The molecule has 18 heavy (non-hydrogen) atoms. The molecule has 0 fully saturated rings. The zero-order valence-corrected chi connectivity index (χ0v) is 11.6. The zero-order chi connectivity index (χ0) is 14.1. The molecular weight excluding hydrogens is 279 g/mol. The van der Waals surface area contributed by atoms with Crippen molar-refractivity contribution < 1.29 is 12.8 Å². The Bertz CT molecular complexity index is 587. The second-order valence-electron chi connectivity index (χ2n) is 4.03. The Morgan fingerprint density at radius 3 is 2.61 bits per heavy atom. The number of hydrogen-bond donors (Lipinski definition) is 1. The van der Waals surface area contributed by atoms with E-state index in [1.165, 1.54) is 7.05 Å². The van der Waals surface area contributed by atoms with E-state index < -0.39 is 20.7 Å². The summed E-state index contributed by atoms with van der Waals surface area (Å²) in [6.07, 6.45) is 0. The Kier molecular flexibility index (Phi) is 4.37. The molecule has 0 aromatic heterocycles. The van der Waals surface area contributed by atoms with Gasteiger partial charge in [-0.3, -0.25) is 0 Å². The Labute approximate surface area is 111 Å².